The first kappa shape index (κ1) is 5.69. The molecular formula is C5H8N2S. The third-order valence-electron chi connectivity index (χ3n) is 0.939. The van der Waals surface area contributed by atoms with Crippen molar-refractivity contribution in [1.82, 2.24) is 5.43 Å². The third kappa shape index (κ3) is 1.04. The van der Waals surface area contributed by atoms with Gasteiger partial charge in [0.25, 0.3) is 0 Å². The fourth-order valence-corrected chi connectivity index (χ4v) is 0.976. The van der Waals surface area contributed by atoms with Crippen LogP contribution in [0.1, 0.15) is 6.42 Å². The monoisotopic (exact) mass is 128 g/mol. The smallest absolute Gasteiger partial charge is 0.0991 e. The first-order valence-corrected chi connectivity index (χ1v) is 3.59. The summed E-state index contributed by atoms with van der Waals surface area (Å²) >= 11 is 1.66. The van der Waals surface area contributed by atoms with Gasteiger partial charge < -0.3 is 0 Å². The topological polar surface area (TPSA) is 24.4 Å². The lowest BCUT2D eigenvalue weighted by atomic mass is 10.4. The van der Waals surface area contributed by atoms with E-state index in [1.54, 1.807) is 11.8 Å². The highest BCUT2D eigenvalue weighted by atomic mass is 32.2. The van der Waals surface area contributed by atoms with E-state index in [0.717, 1.165) is 17.2 Å². The molecule has 0 aromatic heterocycles. The predicted octanol–water partition coefficient (Wildman–Crippen LogP) is 1.17. The molecule has 8 heavy (non-hydrogen) atoms. The van der Waals surface area contributed by atoms with Crippen molar-refractivity contribution in [2.24, 2.45) is 5.10 Å². The lowest BCUT2D eigenvalue weighted by molar-refractivity contribution is 0.931. The highest BCUT2D eigenvalue weighted by Crippen LogP contribution is 2.11. The standard InChI is InChI=1S/C5H8N2S/c1-4-3-5(8-2)7-6-4/h6H,1,3H2,2H3. The quantitative estimate of drug-likeness (QED) is 0.529. The van der Waals surface area contributed by atoms with Crippen molar-refractivity contribution in [1.29, 1.82) is 0 Å². The molecule has 1 N–H and O–H groups in total. The predicted molar refractivity (Wildman–Crippen MR) is 37.8 cm³/mol. The van der Waals surface area contributed by atoms with Crippen molar-refractivity contribution in [3.05, 3.63) is 12.3 Å². The van der Waals surface area contributed by atoms with Crippen molar-refractivity contribution >= 4 is 16.8 Å². The van der Waals surface area contributed by atoms with Crippen LogP contribution < -0.4 is 5.43 Å². The van der Waals surface area contributed by atoms with Gasteiger partial charge in [0, 0.05) is 12.1 Å². The third-order valence-corrected chi connectivity index (χ3v) is 1.65. The molecule has 0 aromatic rings. The van der Waals surface area contributed by atoms with Crippen LogP contribution in [0, 0.1) is 0 Å². The minimum atomic E-state index is 0.904. The molecule has 0 atom stereocenters. The van der Waals surface area contributed by atoms with E-state index in [4.69, 9.17) is 0 Å². The molecule has 0 aromatic carbocycles. The second-order valence-corrected chi connectivity index (χ2v) is 2.48. The summed E-state index contributed by atoms with van der Waals surface area (Å²) in [6.07, 6.45) is 2.92. The molecule has 2 nitrogen and oxygen atoms in total. The fourth-order valence-electron chi connectivity index (χ4n) is 0.521. The zero-order chi connectivity index (χ0) is 5.98. The maximum atomic E-state index is 3.97. The highest BCUT2D eigenvalue weighted by molar-refractivity contribution is 8.13. The summed E-state index contributed by atoms with van der Waals surface area (Å²) in [7, 11) is 0. The van der Waals surface area contributed by atoms with E-state index in [0.29, 0.717) is 0 Å². The number of nitrogens with zero attached hydrogens (tertiary/aromatic N) is 1. The zero-order valence-electron chi connectivity index (χ0n) is 4.77. The van der Waals surface area contributed by atoms with Gasteiger partial charge in [-0.3, -0.25) is 5.43 Å². The average Bonchev–Trinajstić information content (AvgIpc) is 2.14. The molecule has 1 rings (SSSR count). The van der Waals surface area contributed by atoms with Gasteiger partial charge in [-0.05, 0) is 6.26 Å². The van der Waals surface area contributed by atoms with Gasteiger partial charge in [0.2, 0.25) is 0 Å². The maximum Gasteiger partial charge on any atom is 0.0991 e. The normalized spacial score (nSPS) is 18.1. The summed E-state index contributed by atoms with van der Waals surface area (Å²) in [5.74, 6) is 0. The summed E-state index contributed by atoms with van der Waals surface area (Å²) in [6, 6.07) is 0. The van der Waals surface area contributed by atoms with Gasteiger partial charge in [-0.15, -0.1) is 11.8 Å². The SMILES string of the molecule is C=C1CC(SC)=NN1. The average molecular weight is 128 g/mol. The number of rotatable bonds is 0. The Morgan fingerprint density at radius 3 is 2.88 bits per heavy atom. The van der Waals surface area contributed by atoms with E-state index < -0.39 is 0 Å². The first-order chi connectivity index (χ1) is 3.83. The summed E-state index contributed by atoms with van der Waals surface area (Å²) in [4.78, 5) is 0. The van der Waals surface area contributed by atoms with Crippen LogP contribution in [0.15, 0.2) is 17.4 Å². The van der Waals surface area contributed by atoms with Gasteiger partial charge in [-0.25, -0.2) is 0 Å². The molecule has 0 spiro atoms. The van der Waals surface area contributed by atoms with E-state index in [9.17, 15) is 0 Å². The Labute approximate surface area is 53.0 Å². The maximum absolute atomic E-state index is 3.97. The Morgan fingerprint density at radius 1 is 1.88 bits per heavy atom. The Balaban J connectivity index is 2.49. The van der Waals surface area contributed by atoms with Crippen LogP contribution in [0.4, 0.5) is 0 Å². The lowest BCUT2D eigenvalue weighted by Crippen LogP contribution is -1.92. The second-order valence-electron chi connectivity index (χ2n) is 1.60. The molecule has 0 unspecified atom stereocenters. The van der Waals surface area contributed by atoms with Crippen LogP contribution in [-0.4, -0.2) is 11.3 Å². The van der Waals surface area contributed by atoms with Crippen LogP contribution in [0.3, 0.4) is 0 Å². The fraction of sp³-hybridized carbons (Fsp3) is 0.400. The van der Waals surface area contributed by atoms with Gasteiger partial charge in [0.05, 0.1) is 5.04 Å². The van der Waals surface area contributed by atoms with Crippen LogP contribution in [0.5, 0.6) is 0 Å². The molecule has 0 amide bonds. The molecule has 3 heteroatoms. The van der Waals surface area contributed by atoms with Crippen LogP contribution in [-0.2, 0) is 0 Å². The van der Waals surface area contributed by atoms with E-state index in [1.165, 1.54) is 0 Å². The molecule has 44 valence electrons. The molecule has 1 aliphatic rings. The Morgan fingerprint density at radius 2 is 2.62 bits per heavy atom. The number of hydrogen-bond acceptors (Lipinski definition) is 3. The van der Waals surface area contributed by atoms with Crippen LogP contribution >= 0.6 is 11.8 Å². The molecule has 1 aliphatic heterocycles. The largest absolute Gasteiger partial charge is 0.282 e. The molecule has 0 bridgehead atoms. The molecule has 1 heterocycles. The highest BCUT2D eigenvalue weighted by Gasteiger charge is 2.06. The number of thioether (sulfide) groups is 1. The summed E-state index contributed by atoms with van der Waals surface area (Å²) in [5, 5.41) is 5.09. The molecule has 0 aliphatic carbocycles. The summed E-state index contributed by atoms with van der Waals surface area (Å²) in [6.45, 7) is 3.71. The number of nitrogens with one attached hydrogen (secondary N) is 1. The Bertz CT molecular complexity index is 139. The van der Waals surface area contributed by atoms with Gasteiger partial charge in [0.1, 0.15) is 0 Å². The van der Waals surface area contributed by atoms with E-state index in [-0.39, 0.29) is 0 Å². The number of hydrogen-bond donors (Lipinski definition) is 1. The van der Waals surface area contributed by atoms with Crippen molar-refractivity contribution in [2.75, 3.05) is 6.26 Å². The Kier molecular flexibility index (Phi) is 1.58. The van der Waals surface area contributed by atoms with E-state index in [1.807, 2.05) is 6.26 Å². The number of allylic oxidation sites excluding steroid dienone is 1. The van der Waals surface area contributed by atoms with Gasteiger partial charge in [-0.1, -0.05) is 6.58 Å². The lowest BCUT2D eigenvalue weighted by Gasteiger charge is -1.86. The summed E-state index contributed by atoms with van der Waals surface area (Å²) in [5.41, 5.74) is 3.79. The van der Waals surface area contributed by atoms with Gasteiger partial charge >= 0.3 is 0 Å². The molecular weight excluding hydrogens is 120 g/mol. The first-order valence-electron chi connectivity index (χ1n) is 2.37. The van der Waals surface area contributed by atoms with Crippen molar-refractivity contribution in [3.63, 3.8) is 0 Å². The van der Waals surface area contributed by atoms with Crippen molar-refractivity contribution < 1.29 is 0 Å². The minimum absolute atomic E-state index is 0.904. The van der Waals surface area contributed by atoms with Gasteiger partial charge in [0.15, 0.2) is 0 Å². The van der Waals surface area contributed by atoms with E-state index >= 15 is 0 Å². The van der Waals surface area contributed by atoms with Crippen LogP contribution in [0.2, 0.25) is 0 Å². The number of hydrazone groups is 1. The zero-order valence-corrected chi connectivity index (χ0v) is 5.59. The van der Waals surface area contributed by atoms with Crippen molar-refractivity contribution in [3.8, 4) is 0 Å². The van der Waals surface area contributed by atoms with Crippen LogP contribution in [0.25, 0.3) is 0 Å². The molecule has 0 fully saturated rings. The minimum Gasteiger partial charge on any atom is -0.282 e. The molecule has 0 saturated heterocycles. The molecule has 0 saturated carbocycles. The second kappa shape index (κ2) is 2.22. The Hall–Kier alpha value is -0.440. The summed E-state index contributed by atoms with van der Waals surface area (Å²) < 4.78 is 0. The van der Waals surface area contributed by atoms with E-state index in [2.05, 4.69) is 17.1 Å². The van der Waals surface area contributed by atoms with Gasteiger partial charge in [-0.2, -0.15) is 5.10 Å². The molecule has 0 radical (unpaired) electrons. The van der Waals surface area contributed by atoms with Crippen molar-refractivity contribution in [2.45, 2.75) is 6.42 Å².